The van der Waals surface area contributed by atoms with E-state index in [1.807, 2.05) is 24.0 Å². The molecule has 1 atom stereocenters. The number of benzene rings is 1. The van der Waals surface area contributed by atoms with Crippen molar-refractivity contribution in [1.82, 2.24) is 10.2 Å². The molecule has 1 unspecified atom stereocenters. The van der Waals surface area contributed by atoms with E-state index in [9.17, 15) is 14.7 Å². The smallest absolute Gasteiger partial charge is 0.252 e. The van der Waals surface area contributed by atoms with E-state index < -0.39 is 0 Å². The Labute approximate surface area is 172 Å². The molecule has 5 heteroatoms. The average molecular weight is 395 g/mol. The van der Waals surface area contributed by atoms with Gasteiger partial charge in [-0.05, 0) is 55.7 Å². The van der Waals surface area contributed by atoms with Gasteiger partial charge in [0.25, 0.3) is 5.91 Å². The van der Waals surface area contributed by atoms with E-state index >= 15 is 0 Å². The molecule has 29 heavy (non-hydrogen) atoms. The van der Waals surface area contributed by atoms with Crippen molar-refractivity contribution in [1.29, 1.82) is 0 Å². The first-order valence-electron chi connectivity index (χ1n) is 10.6. The summed E-state index contributed by atoms with van der Waals surface area (Å²) in [5.74, 6) is -0.0716. The van der Waals surface area contributed by atoms with E-state index in [4.69, 9.17) is 0 Å². The van der Waals surface area contributed by atoms with E-state index in [1.54, 1.807) is 12.1 Å². The molecular formula is C24H30N2O3. The molecule has 154 valence electrons. The van der Waals surface area contributed by atoms with Crippen LogP contribution >= 0.6 is 0 Å². The number of rotatable bonds is 2. The van der Waals surface area contributed by atoms with Crippen molar-refractivity contribution in [3.63, 3.8) is 0 Å². The normalized spacial score (nSPS) is 24.3. The zero-order valence-electron chi connectivity index (χ0n) is 17.5. The van der Waals surface area contributed by atoms with Gasteiger partial charge in [-0.15, -0.1) is 0 Å². The highest BCUT2D eigenvalue weighted by molar-refractivity contribution is 6.05. The molecule has 1 fully saturated rings. The number of carbonyl (C=O) groups is 2. The predicted octanol–water partition coefficient (Wildman–Crippen LogP) is 4.01. The molecule has 2 N–H and O–H groups in total. The average Bonchev–Trinajstić information content (AvgIpc) is 2.67. The zero-order chi connectivity index (χ0) is 20.8. The van der Waals surface area contributed by atoms with Crippen molar-refractivity contribution in [2.45, 2.75) is 58.8 Å². The van der Waals surface area contributed by atoms with Crippen LogP contribution in [0.4, 0.5) is 0 Å². The first kappa shape index (κ1) is 19.7. The highest BCUT2D eigenvalue weighted by Gasteiger charge is 2.43. The Morgan fingerprint density at radius 1 is 1.10 bits per heavy atom. The minimum Gasteiger partial charge on any atom is -0.508 e. The Balaban J connectivity index is 1.82. The molecule has 0 radical (unpaired) electrons. The van der Waals surface area contributed by atoms with Crippen molar-refractivity contribution < 1.29 is 14.7 Å². The van der Waals surface area contributed by atoms with Crippen molar-refractivity contribution >= 4 is 11.7 Å². The Morgan fingerprint density at radius 3 is 2.41 bits per heavy atom. The summed E-state index contributed by atoms with van der Waals surface area (Å²) in [4.78, 5) is 28.7. The number of dihydropyridines is 1. The fourth-order valence-electron chi connectivity index (χ4n) is 4.99. The largest absolute Gasteiger partial charge is 0.508 e. The number of amides is 1. The summed E-state index contributed by atoms with van der Waals surface area (Å²) in [5.41, 5.74) is 3.95. The lowest BCUT2D eigenvalue weighted by molar-refractivity contribution is -0.128. The van der Waals surface area contributed by atoms with Crippen LogP contribution in [0.5, 0.6) is 5.75 Å². The fourth-order valence-corrected chi connectivity index (χ4v) is 4.99. The summed E-state index contributed by atoms with van der Waals surface area (Å²) in [6.07, 6.45) is 4.47. The van der Waals surface area contributed by atoms with Gasteiger partial charge < -0.3 is 15.3 Å². The number of Topliss-reactive ketones (excluding diaryl/α,β-unsaturated/α-hetero) is 1. The number of nitrogens with zero attached hydrogens (tertiary/aromatic N) is 1. The van der Waals surface area contributed by atoms with Gasteiger partial charge in [-0.1, -0.05) is 26.0 Å². The van der Waals surface area contributed by atoms with Gasteiger partial charge in [0.05, 0.1) is 0 Å². The van der Waals surface area contributed by atoms with E-state index in [1.165, 1.54) is 0 Å². The molecule has 1 saturated heterocycles. The second kappa shape index (κ2) is 7.36. The maximum absolute atomic E-state index is 13.6. The van der Waals surface area contributed by atoms with Gasteiger partial charge in [-0.3, -0.25) is 9.59 Å². The number of aromatic hydroxyl groups is 1. The second-order valence-electron chi connectivity index (χ2n) is 9.37. The van der Waals surface area contributed by atoms with Crippen molar-refractivity contribution in [3.05, 3.63) is 52.4 Å². The Morgan fingerprint density at radius 2 is 1.76 bits per heavy atom. The maximum atomic E-state index is 13.6. The van der Waals surface area contributed by atoms with Crippen LogP contribution in [-0.4, -0.2) is 34.8 Å². The molecule has 1 aromatic rings. The quantitative estimate of drug-likeness (QED) is 0.795. The minimum atomic E-state index is -0.384. The summed E-state index contributed by atoms with van der Waals surface area (Å²) in [5, 5.41) is 13.2. The van der Waals surface area contributed by atoms with Crippen LogP contribution in [0.15, 0.2) is 46.8 Å². The van der Waals surface area contributed by atoms with Crippen molar-refractivity contribution in [3.8, 4) is 5.75 Å². The van der Waals surface area contributed by atoms with Gasteiger partial charge in [0.15, 0.2) is 5.78 Å². The van der Waals surface area contributed by atoms with Gasteiger partial charge in [0.2, 0.25) is 0 Å². The summed E-state index contributed by atoms with van der Waals surface area (Å²) in [7, 11) is 0. The molecule has 2 aliphatic heterocycles. The molecule has 5 nitrogen and oxygen atoms in total. The van der Waals surface area contributed by atoms with E-state index in [-0.39, 0.29) is 28.8 Å². The van der Waals surface area contributed by atoms with Gasteiger partial charge in [-0.25, -0.2) is 0 Å². The maximum Gasteiger partial charge on any atom is 0.252 e. The molecule has 0 bridgehead atoms. The van der Waals surface area contributed by atoms with Crippen LogP contribution in [-0.2, 0) is 9.59 Å². The molecular weight excluding hydrogens is 364 g/mol. The van der Waals surface area contributed by atoms with Gasteiger partial charge >= 0.3 is 0 Å². The minimum absolute atomic E-state index is 0.0250. The molecule has 3 aliphatic rings. The van der Waals surface area contributed by atoms with Crippen molar-refractivity contribution in [2.75, 3.05) is 13.1 Å². The summed E-state index contributed by atoms with van der Waals surface area (Å²) >= 11 is 0. The third-order valence-corrected chi connectivity index (χ3v) is 6.34. The third kappa shape index (κ3) is 3.70. The van der Waals surface area contributed by atoms with Crippen LogP contribution in [0.1, 0.15) is 64.4 Å². The molecule has 2 heterocycles. The monoisotopic (exact) mass is 394 g/mol. The topological polar surface area (TPSA) is 69.6 Å². The molecule has 1 aliphatic carbocycles. The fraction of sp³-hybridized carbons (Fsp3) is 0.500. The number of phenols is 1. The number of phenolic OH excluding ortho intramolecular Hbond substituents is 1. The lowest BCUT2D eigenvalue weighted by Crippen LogP contribution is -2.43. The van der Waals surface area contributed by atoms with Crippen LogP contribution in [0.2, 0.25) is 0 Å². The molecule has 1 aromatic carbocycles. The van der Waals surface area contributed by atoms with E-state index in [2.05, 4.69) is 19.2 Å². The molecule has 4 rings (SSSR count). The molecule has 1 amide bonds. The highest BCUT2D eigenvalue weighted by Crippen LogP contribution is 2.47. The number of allylic oxidation sites excluding steroid dienone is 3. The van der Waals surface area contributed by atoms with E-state index in [0.717, 1.165) is 61.3 Å². The Kier molecular flexibility index (Phi) is 5.01. The number of piperidine rings is 1. The zero-order valence-corrected chi connectivity index (χ0v) is 17.5. The Bertz CT molecular complexity index is 903. The number of hydrogen-bond donors (Lipinski definition) is 2. The number of likely N-dealkylation sites (tertiary alicyclic amines) is 1. The summed E-state index contributed by atoms with van der Waals surface area (Å²) in [6, 6.07) is 6.93. The number of carbonyl (C=O) groups excluding carboxylic acids is 2. The third-order valence-electron chi connectivity index (χ3n) is 6.34. The highest BCUT2D eigenvalue weighted by atomic mass is 16.3. The standard InChI is InChI=1S/C24H30N2O3/c1-15-20(23(29)26-11-5-4-6-12-26)21(16-7-9-17(27)10-8-16)22-18(25-15)13-24(2,3)14-19(22)28/h7-10,21,25,27H,4-6,11-14H2,1-3H3. The molecule has 0 saturated carbocycles. The van der Waals surface area contributed by atoms with Gasteiger partial charge in [-0.2, -0.15) is 0 Å². The number of ketones is 1. The lowest BCUT2D eigenvalue weighted by Gasteiger charge is -2.41. The van der Waals surface area contributed by atoms with Gasteiger partial charge in [0, 0.05) is 48.0 Å². The SMILES string of the molecule is CC1=C(C(=O)N2CCCCC2)C(c2ccc(O)cc2)C2=C(CC(C)(C)CC2=O)N1. The predicted molar refractivity (Wildman–Crippen MR) is 112 cm³/mol. The molecule has 0 aromatic heterocycles. The van der Waals surface area contributed by atoms with Crippen LogP contribution in [0.3, 0.4) is 0 Å². The van der Waals surface area contributed by atoms with E-state index in [0.29, 0.717) is 12.0 Å². The van der Waals surface area contributed by atoms with Crippen LogP contribution in [0, 0.1) is 5.41 Å². The van der Waals surface area contributed by atoms with Crippen LogP contribution < -0.4 is 5.32 Å². The molecule has 0 spiro atoms. The second-order valence-corrected chi connectivity index (χ2v) is 9.37. The number of hydrogen-bond acceptors (Lipinski definition) is 4. The van der Waals surface area contributed by atoms with Crippen molar-refractivity contribution in [2.24, 2.45) is 5.41 Å². The first-order chi connectivity index (χ1) is 13.8. The van der Waals surface area contributed by atoms with Crippen LogP contribution in [0.25, 0.3) is 0 Å². The number of nitrogens with one attached hydrogen (secondary N) is 1. The summed E-state index contributed by atoms with van der Waals surface area (Å²) in [6.45, 7) is 7.70. The first-order valence-corrected chi connectivity index (χ1v) is 10.6. The Hall–Kier alpha value is -2.56. The lowest BCUT2D eigenvalue weighted by atomic mass is 9.68. The van der Waals surface area contributed by atoms with Gasteiger partial charge in [0.1, 0.15) is 5.75 Å². The summed E-state index contributed by atoms with van der Waals surface area (Å²) < 4.78 is 0.